The fourth-order valence-electron chi connectivity index (χ4n) is 2.47. The van der Waals surface area contributed by atoms with Crippen LogP contribution in [-0.2, 0) is 10.2 Å². The summed E-state index contributed by atoms with van der Waals surface area (Å²) in [5.74, 6) is 0. The first-order chi connectivity index (χ1) is 8.83. The molecule has 0 bridgehead atoms. The molecule has 5 nitrogen and oxygen atoms in total. The Morgan fingerprint density at radius 3 is 2.26 bits per heavy atom. The fraction of sp³-hybridized carbons (Fsp3) is 1.00. The Balaban J connectivity index is 2.80. The molecule has 114 valence electrons. The highest BCUT2D eigenvalue weighted by atomic mass is 32.2. The monoisotopic (exact) mass is 292 g/mol. The molecule has 0 amide bonds. The van der Waals surface area contributed by atoms with Crippen LogP contribution in [0, 0.1) is 0 Å². The van der Waals surface area contributed by atoms with Gasteiger partial charge in [0.15, 0.2) is 0 Å². The zero-order valence-corrected chi connectivity index (χ0v) is 13.2. The molecule has 0 radical (unpaired) electrons. The van der Waals surface area contributed by atoms with Crippen molar-refractivity contribution in [1.29, 1.82) is 0 Å². The summed E-state index contributed by atoms with van der Waals surface area (Å²) in [5.41, 5.74) is -0.732. The lowest BCUT2D eigenvalue weighted by molar-refractivity contribution is 0.0464. The molecule has 1 rings (SSSR count). The molecule has 1 aliphatic rings. The predicted molar refractivity (Wildman–Crippen MR) is 77.1 cm³/mol. The topological polar surface area (TPSA) is 60.9 Å². The molecule has 1 heterocycles. The average molecular weight is 292 g/mol. The first kappa shape index (κ1) is 16.9. The molecule has 1 atom stereocenters. The molecule has 0 aromatic carbocycles. The molecular weight excluding hydrogens is 264 g/mol. The Labute approximate surface area is 117 Å². The molecule has 0 aliphatic carbocycles. The number of rotatable bonds is 6. The summed E-state index contributed by atoms with van der Waals surface area (Å²) in [7, 11) is -3.37. The van der Waals surface area contributed by atoms with Gasteiger partial charge in [0.05, 0.1) is 5.60 Å². The quantitative estimate of drug-likeness (QED) is 0.808. The highest BCUT2D eigenvalue weighted by Gasteiger charge is 2.33. The van der Waals surface area contributed by atoms with Crippen molar-refractivity contribution in [2.24, 2.45) is 0 Å². The molecule has 1 N–H and O–H groups in total. The van der Waals surface area contributed by atoms with E-state index in [1.807, 2.05) is 13.8 Å². The SMILES string of the molecule is CCCN(CCC)S(=O)(=O)N1CCCC(C)(O)CC1. The van der Waals surface area contributed by atoms with Crippen LogP contribution in [-0.4, -0.2) is 53.9 Å². The molecular formula is C13H28N2O3S. The van der Waals surface area contributed by atoms with Gasteiger partial charge in [-0.25, -0.2) is 0 Å². The molecule has 0 saturated carbocycles. The van der Waals surface area contributed by atoms with Crippen molar-refractivity contribution >= 4 is 10.2 Å². The van der Waals surface area contributed by atoms with Crippen LogP contribution >= 0.6 is 0 Å². The lowest BCUT2D eigenvalue weighted by Gasteiger charge is -2.29. The Kier molecular flexibility index (Phi) is 6.23. The van der Waals surface area contributed by atoms with Crippen molar-refractivity contribution in [3.8, 4) is 0 Å². The van der Waals surface area contributed by atoms with Crippen LogP contribution in [0.25, 0.3) is 0 Å². The van der Waals surface area contributed by atoms with Crippen LogP contribution in [0.15, 0.2) is 0 Å². The normalized spacial score (nSPS) is 26.6. The van der Waals surface area contributed by atoms with Crippen LogP contribution in [0.1, 0.15) is 52.9 Å². The molecule has 0 aromatic rings. The highest BCUT2D eigenvalue weighted by Crippen LogP contribution is 2.24. The summed E-state index contributed by atoms with van der Waals surface area (Å²) < 4.78 is 28.3. The van der Waals surface area contributed by atoms with Gasteiger partial charge in [-0.3, -0.25) is 0 Å². The van der Waals surface area contributed by atoms with Gasteiger partial charge >= 0.3 is 0 Å². The summed E-state index contributed by atoms with van der Waals surface area (Å²) in [4.78, 5) is 0. The zero-order chi connectivity index (χ0) is 14.5. The van der Waals surface area contributed by atoms with Gasteiger partial charge < -0.3 is 5.11 Å². The van der Waals surface area contributed by atoms with Crippen molar-refractivity contribution in [3.05, 3.63) is 0 Å². The molecule has 0 spiro atoms. The molecule has 1 saturated heterocycles. The van der Waals surface area contributed by atoms with Crippen LogP contribution in [0.3, 0.4) is 0 Å². The maximum absolute atomic E-state index is 12.6. The van der Waals surface area contributed by atoms with Crippen LogP contribution in [0.5, 0.6) is 0 Å². The molecule has 1 unspecified atom stereocenters. The van der Waals surface area contributed by atoms with Crippen LogP contribution in [0.2, 0.25) is 0 Å². The molecule has 19 heavy (non-hydrogen) atoms. The Morgan fingerprint density at radius 1 is 1.16 bits per heavy atom. The van der Waals surface area contributed by atoms with E-state index in [1.54, 1.807) is 15.5 Å². The van der Waals surface area contributed by atoms with Crippen molar-refractivity contribution in [2.45, 2.75) is 58.5 Å². The number of nitrogens with zero attached hydrogens (tertiary/aromatic N) is 2. The van der Waals surface area contributed by atoms with Gasteiger partial charge in [0, 0.05) is 26.2 Å². The standard InChI is InChI=1S/C13H28N2O3S/c1-4-9-14(10-5-2)19(17,18)15-11-6-7-13(3,16)8-12-15/h16H,4-12H2,1-3H3. The summed E-state index contributed by atoms with van der Waals surface area (Å²) >= 11 is 0. The van der Waals surface area contributed by atoms with E-state index in [4.69, 9.17) is 0 Å². The van der Waals surface area contributed by atoms with Gasteiger partial charge in [0.25, 0.3) is 10.2 Å². The third-order valence-electron chi connectivity index (χ3n) is 3.62. The van der Waals surface area contributed by atoms with Crippen molar-refractivity contribution < 1.29 is 13.5 Å². The van der Waals surface area contributed by atoms with E-state index >= 15 is 0 Å². The number of hydrogen-bond acceptors (Lipinski definition) is 3. The van der Waals surface area contributed by atoms with Crippen LogP contribution in [0.4, 0.5) is 0 Å². The van der Waals surface area contributed by atoms with E-state index in [0.717, 1.165) is 19.3 Å². The van der Waals surface area contributed by atoms with E-state index in [2.05, 4.69) is 0 Å². The summed E-state index contributed by atoms with van der Waals surface area (Å²) in [6, 6.07) is 0. The Hall–Kier alpha value is -0.170. The second-order valence-electron chi connectivity index (χ2n) is 5.66. The highest BCUT2D eigenvalue weighted by molar-refractivity contribution is 7.86. The van der Waals surface area contributed by atoms with E-state index in [1.165, 1.54) is 0 Å². The van der Waals surface area contributed by atoms with Gasteiger partial charge in [-0.1, -0.05) is 13.8 Å². The molecule has 1 aliphatic heterocycles. The minimum absolute atomic E-state index is 0.416. The minimum Gasteiger partial charge on any atom is -0.390 e. The van der Waals surface area contributed by atoms with Gasteiger partial charge in [0.2, 0.25) is 0 Å². The molecule has 0 aromatic heterocycles. The third kappa shape index (κ3) is 4.70. The van der Waals surface area contributed by atoms with Gasteiger partial charge in [0.1, 0.15) is 0 Å². The lowest BCUT2D eigenvalue weighted by Crippen LogP contribution is -2.45. The molecule has 1 fully saturated rings. The van der Waals surface area contributed by atoms with Gasteiger partial charge in [-0.2, -0.15) is 17.0 Å². The summed E-state index contributed by atoms with van der Waals surface area (Å²) in [6.45, 7) is 7.85. The van der Waals surface area contributed by atoms with Crippen molar-refractivity contribution in [2.75, 3.05) is 26.2 Å². The van der Waals surface area contributed by atoms with E-state index < -0.39 is 15.8 Å². The largest absolute Gasteiger partial charge is 0.390 e. The minimum atomic E-state index is -3.37. The average Bonchev–Trinajstić information content (AvgIpc) is 2.50. The maximum Gasteiger partial charge on any atom is 0.281 e. The third-order valence-corrected chi connectivity index (χ3v) is 5.66. The first-order valence-electron chi connectivity index (χ1n) is 7.31. The second-order valence-corrected chi connectivity index (χ2v) is 7.58. The predicted octanol–water partition coefficient (Wildman–Crippen LogP) is 1.59. The van der Waals surface area contributed by atoms with E-state index in [0.29, 0.717) is 39.0 Å². The number of aliphatic hydroxyl groups is 1. The van der Waals surface area contributed by atoms with E-state index in [-0.39, 0.29) is 0 Å². The zero-order valence-electron chi connectivity index (χ0n) is 12.4. The van der Waals surface area contributed by atoms with Crippen molar-refractivity contribution in [1.82, 2.24) is 8.61 Å². The maximum atomic E-state index is 12.6. The lowest BCUT2D eigenvalue weighted by atomic mass is 9.98. The Morgan fingerprint density at radius 2 is 1.74 bits per heavy atom. The van der Waals surface area contributed by atoms with Crippen LogP contribution < -0.4 is 0 Å². The van der Waals surface area contributed by atoms with Crippen molar-refractivity contribution in [3.63, 3.8) is 0 Å². The summed E-state index contributed by atoms with van der Waals surface area (Å²) in [5, 5.41) is 10.0. The Bertz CT molecular complexity index is 362. The fourth-order valence-corrected chi connectivity index (χ4v) is 4.31. The van der Waals surface area contributed by atoms with E-state index in [9.17, 15) is 13.5 Å². The summed E-state index contributed by atoms with van der Waals surface area (Å²) in [6.07, 6.45) is 3.55. The van der Waals surface area contributed by atoms with Gasteiger partial charge in [-0.05, 0) is 39.0 Å². The first-order valence-corrected chi connectivity index (χ1v) is 8.71. The number of hydrogen-bond donors (Lipinski definition) is 1. The second kappa shape index (κ2) is 7.02. The molecule has 6 heteroatoms. The smallest absolute Gasteiger partial charge is 0.281 e. The van der Waals surface area contributed by atoms with Gasteiger partial charge in [-0.15, -0.1) is 0 Å².